The number of anilines is 8. The summed E-state index contributed by atoms with van der Waals surface area (Å²) in [5.74, 6) is 2.64. The first-order valence-corrected chi connectivity index (χ1v) is 39.8. The standard InChI is InChI=1S/C21H15N5.C20H15N3O2.C20H15N3O.C19H20N6.C17H18N4O2/c1-2-4-15(5-3-1)24-21-17-8-10-22-13-18(17)16-7-6-14(12-20(16)25-21)19-9-11-23-26-19;1-25-20(24)13-7-8-15-17-12-21-10-9-16(17)19(23-18(15)11-13)22-14-5-3-2-4-6-14;1-13(24)14-7-8-16-18-12-21-10-9-17(18)20(23-19(16)11-14)22-15-5-3-2-4-6-15;1-25(2)10-9-21-19-15-5-7-20-12-16(15)14-4-3-13(11-18(14)23-19)17-6-8-22-24-17;1-21(2)8-7-19-16-13-5-6-18-10-14(13)12-4-3-11(17(22)23)9-15(12)20-16/h1-8,10-13H,9H2,(H,24,25);2-12H,1H3,(H,22,23);2-12H,1H3,(H,22,23);3-5,7-8,11-12H,6,9-10H2,1-2H3,(H,21,23);3-6,9-10H,7-8H2,1-2H3,(H,19,20)(H,22,23). The number of methoxy groups -OCH3 is 1. The van der Waals surface area contributed by atoms with Crippen LogP contribution < -0.4 is 26.6 Å². The maximum atomic E-state index is 11.8. The van der Waals surface area contributed by atoms with Crippen LogP contribution in [-0.2, 0) is 4.74 Å². The number of aromatic carboxylic acids is 1. The Bertz CT molecular complexity index is 7160. The number of aromatic nitrogens is 10. The van der Waals surface area contributed by atoms with Gasteiger partial charge in [0.15, 0.2) is 5.78 Å². The summed E-state index contributed by atoms with van der Waals surface area (Å²) in [5, 5.41) is 57.6. The van der Waals surface area contributed by atoms with Crippen LogP contribution in [0.5, 0.6) is 0 Å². The van der Waals surface area contributed by atoms with Gasteiger partial charge in [-0.15, -0.1) is 0 Å². The first-order valence-electron chi connectivity index (χ1n) is 39.8. The Balaban J connectivity index is 0.000000114. The molecular weight excluding hydrogens is 1540 g/mol. The van der Waals surface area contributed by atoms with Crippen LogP contribution in [0.2, 0.25) is 0 Å². The van der Waals surface area contributed by atoms with Gasteiger partial charge in [-0.2, -0.15) is 20.4 Å². The predicted molar refractivity (Wildman–Crippen MR) is 496 cm³/mol. The van der Waals surface area contributed by atoms with Crippen LogP contribution >= 0.6 is 0 Å². The Morgan fingerprint density at radius 2 is 0.667 bits per heavy atom. The van der Waals surface area contributed by atoms with Gasteiger partial charge in [0.2, 0.25) is 0 Å². The Hall–Kier alpha value is -15.9. The minimum Gasteiger partial charge on any atom is -0.478 e. The molecule has 0 radical (unpaired) electrons. The van der Waals surface area contributed by atoms with Crippen molar-refractivity contribution in [2.24, 2.45) is 20.4 Å². The van der Waals surface area contributed by atoms with Crippen molar-refractivity contribution in [3.05, 3.63) is 302 Å². The van der Waals surface area contributed by atoms with Crippen molar-refractivity contribution in [1.82, 2.24) is 59.6 Å². The third-order valence-corrected chi connectivity index (χ3v) is 20.6. The average molecular weight is 1620 g/mol. The number of pyridine rings is 10. The summed E-state index contributed by atoms with van der Waals surface area (Å²) in [7, 11) is 9.52. The number of carboxylic acids is 1. The van der Waals surface area contributed by atoms with Gasteiger partial charge in [0, 0.05) is 228 Å². The number of rotatable bonds is 19. The molecular formula is C97H83N21O5. The monoisotopic (exact) mass is 1620 g/mol. The topological polar surface area (TPSA) is 326 Å². The van der Waals surface area contributed by atoms with Gasteiger partial charge in [-0.3, -0.25) is 29.7 Å². The zero-order valence-corrected chi connectivity index (χ0v) is 68.1. The first kappa shape index (κ1) is 80.8. The van der Waals surface area contributed by atoms with Crippen molar-refractivity contribution in [3.63, 3.8) is 0 Å². The van der Waals surface area contributed by atoms with Gasteiger partial charge in [-0.05, 0) is 144 Å². The molecule has 10 aromatic heterocycles. The number of esters is 1. The van der Waals surface area contributed by atoms with Gasteiger partial charge >= 0.3 is 11.9 Å². The number of ketones is 1. The van der Waals surface area contributed by atoms with E-state index in [4.69, 9.17) is 29.8 Å². The quantitative estimate of drug-likeness (QED) is 0.0249. The molecule has 0 saturated carbocycles. The van der Waals surface area contributed by atoms with E-state index >= 15 is 0 Å². The highest BCUT2D eigenvalue weighted by Crippen LogP contribution is 2.37. The van der Waals surface area contributed by atoms with E-state index in [-0.39, 0.29) is 17.3 Å². The number of carbonyl (C=O) groups is 3. The van der Waals surface area contributed by atoms with Gasteiger partial charge in [0.25, 0.3) is 0 Å². The van der Waals surface area contributed by atoms with Crippen molar-refractivity contribution in [1.29, 1.82) is 0 Å². The lowest BCUT2D eigenvalue weighted by Crippen LogP contribution is -2.21. The predicted octanol–water partition coefficient (Wildman–Crippen LogP) is 19.1. The molecule has 0 aliphatic carbocycles. The van der Waals surface area contributed by atoms with Gasteiger partial charge in [0.05, 0.1) is 57.2 Å². The molecule has 0 spiro atoms. The van der Waals surface area contributed by atoms with Gasteiger partial charge in [-0.1, -0.05) is 103 Å². The Morgan fingerprint density at radius 3 is 0.992 bits per heavy atom. The van der Waals surface area contributed by atoms with Gasteiger partial charge < -0.3 is 46.2 Å². The minimum absolute atomic E-state index is 0.0301. The maximum absolute atomic E-state index is 11.8. The summed E-state index contributed by atoms with van der Waals surface area (Å²) in [4.78, 5) is 84.1. The highest BCUT2D eigenvalue weighted by Gasteiger charge is 2.19. The van der Waals surface area contributed by atoms with Gasteiger partial charge in [0.1, 0.15) is 29.1 Å². The molecule has 26 heteroatoms. The second-order valence-electron chi connectivity index (χ2n) is 29.5. The lowest BCUT2D eigenvalue weighted by atomic mass is 10.0. The van der Waals surface area contributed by atoms with Crippen LogP contribution in [0.25, 0.3) is 108 Å². The van der Waals surface area contributed by atoms with Crippen LogP contribution in [-0.4, -0.2) is 168 Å². The van der Waals surface area contributed by atoms with Crippen molar-refractivity contribution in [2.45, 2.75) is 19.8 Å². The first-order chi connectivity index (χ1) is 60.1. The summed E-state index contributed by atoms with van der Waals surface area (Å²) >= 11 is 0. The number of nitrogens with one attached hydrogen (secondary N) is 5. The maximum Gasteiger partial charge on any atom is 0.337 e. The van der Waals surface area contributed by atoms with E-state index < -0.39 is 5.97 Å². The molecule has 6 N–H and O–H groups in total. The number of benzene rings is 8. The summed E-state index contributed by atoms with van der Waals surface area (Å²) < 4.78 is 4.80. The molecule has 2 aliphatic heterocycles. The second-order valence-corrected chi connectivity index (χ2v) is 29.5. The number of likely N-dealkylation sites (N-methyl/N-ethyl adjacent to an activating group) is 2. The van der Waals surface area contributed by atoms with E-state index in [1.807, 2.05) is 203 Å². The Labute approximate surface area is 706 Å². The van der Waals surface area contributed by atoms with E-state index in [0.717, 1.165) is 205 Å². The number of para-hydroxylation sites is 3. The summed E-state index contributed by atoms with van der Waals surface area (Å²) in [6.07, 6.45) is 23.3. The highest BCUT2D eigenvalue weighted by atomic mass is 16.5. The van der Waals surface area contributed by atoms with Crippen molar-refractivity contribution < 1.29 is 24.2 Å². The fourth-order valence-corrected chi connectivity index (χ4v) is 14.4. The number of hydrogen-bond acceptors (Lipinski definition) is 25. The van der Waals surface area contributed by atoms with Crippen LogP contribution in [0.15, 0.2) is 295 Å². The van der Waals surface area contributed by atoms with E-state index in [1.54, 1.807) is 68.2 Å². The number of carbonyl (C=O) groups excluding carboxylic acids is 2. The molecule has 12 heterocycles. The van der Waals surface area contributed by atoms with E-state index in [1.165, 1.54) is 7.11 Å². The zero-order valence-electron chi connectivity index (χ0n) is 68.1. The lowest BCUT2D eigenvalue weighted by molar-refractivity contribution is 0.0599. The van der Waals surface area contributed by atoms with Crippen LogP contribution in [0, 0.1) is 0 Å². The molecule has 8 aromatic carbocycles. The smallest absolute Gasteiger partial charge is 0.337 e. The largest absolute Gasteiger partial charge is 0.478 e. The lowest BCUT2D eigenvalue weighted by Gasteiger charge is -2.14. The molecule has 0 saturated heterocycles. The minimum atomic E-state index is -0.956. The fraction of sp³-hybridized carbons (Fsp3) is 0.124. The molecule has 0 amide bonds. The third kappa shape index (κ3) is 18.7. The third-order valence-electron chi connectivity index (χ3n) is 20.6. The number of fused-ring (bicyclic) bond motifs is 15. The molecule has 2 aliphatic rings. The summed E-state index contributed by atoms with van der Waals surface area (Å²) in [6.45, 7) is 4.97. The van der Waals surface area contributed by atoms with E-state index in [2.05, 4.69) is 137 Å². The fourth-order valence-electron chi connectivity index (χ4n) is 14.4. The second kappa shape index (κ2) is 37.3. The van der Waals surface area contributed by atoms with E-state index in [0.29, 0.717) is 22.2 Å². The van der Waals surface area contributed by atoms with Gasteiger partial charge in [-0.25, -0.2) is 34.5 Å². The molecule has 0 bridgehead atoms. The SMILES string of the molecule is C1=NN=C(c2ccc3c(c2)nc(Nc2ccccc2)c2ccncc23)C1.CC(=O)c1ccc2c(c1)nc(Nc1ccccc1)c1ccncc12.CN(C)CCNc1nc2cc(C(=O)O)ccc2c2cnccc12.CN(C)CCNc1nc2cc(C3=NN=CC3)ccc2c2cnccc12.COC(=O)c1ccc2c(c1)nc(Nc1ccccc1)c1ccncc12. The molecule has 123 heavy (non-hydrogen) atoms. The number of ether oxygens (including phenoxy) is 1. The van der Waals surface area contributed by atoms with Crippen molar-refractivity contribution in [3.8, 4) is 0 Å². The molecule has 0 fully saturated rings. The van der Waals surface area contributed by atoms with Crippen LogP contribution in [0.3, 0.4) is 0 Å². The number of hydrogen-bond donors (Lipinski definition) is 6. The van der Waals surface area contributed by atoms with Crippen molar-refractivity contribution >= 4 is 196 Å². The van der Waals surface area contributed by atoms with Crippen LogP contribution in [0.4, 0.5) is 46.2 Å². The molecule has 0 unspecified atom stereocenters. The normalized spacial score (nSPS) is 12.0. The number of Topliss-reactive ketones (excluding diaryl/α,β-unsaturated/α-hetero) is 1. The van der Waals surface area contributed by atoms with Crippen molar-refractivity contribution in [2.75, 3.05) is 88.1 Å². The zero-order chi connectivity index (χ0) is 84.7. The Kier molecular flexibility index (Phi) is 24.5. The summed E-state index contributed by atoms with van der Waals surface area (Å²) in [6, 6.07) is 68.1. The molecule has 20 rings (SSSR count). The van der Waals surface area contributed by atoms with Crippen LogP contribution in [0.1, 0.15) is 62.0 Å². The Morgan fingerprint density at radius 1 is 0.358 bits per heavy atom. The summed E-state index contributed by atoms with van der Waals surface area (Å²) in [5.41, 5.74) is 12.3. The number of nitrogens with zero attached hydrogens (tertiary/aromatic N) is 16. The highest BCUT2D eigenvalue weighted by molar-refractivity contribution is 6.18. The molecule has 0 atom stereocenters. The van der Waals surface area contributed by atoms with E-state index in [9.17, 15) is 14.4 Å². The number of carboxylic acid groups (broad SMARTS) is 1. The molecule has 26 nitrogen and oxygen atoms in total. The molecule has 606 valence electrons. The average Bonchev–Trinajstić information content (AvgIpc) is 1.42. The molecule has 18 aromatic rings.